The van der Waals surface area contributed by atoms with E-state index in [0.29, 0.717) is 31.1 Å². The standard InChI is InChI=1S/C14H21N3O4S/c1-21-13-6-5-12(9-15-13)14(18)17-7-3-4-11(10-17)8-16-22(2,19)20/h5-6,9,11,16H,3-4,7-8,10H2,1-2H3. The van der Waals surface area contributed by atoms with E-state index in [1.54, 1.807) is 17.0 Å². The molecule has 1 aromatic heterocycles. The first-order valence-electron chi connectivity index (χ1n) is 7.13. The van der Waals surface area contributed by atoms with Crippen molar-refractivity contribution in [3.8, 4) is 5.88 Å². The van der Waals surface area contributed by atoms with Gasteiger partial charge in [-0.15, -0.1) is 0 Å². The summed E-state index contributed by atoms with van der Waals surface area (Å²) in [6, 6.07) is 3.34. The molecule has 2 rings (SSSR count). The van der Waals surface area contributed by atoms with Gasteiger partial charge in [0.15, 0.2) is 0 Å². The van der Waals surface area contributed by atoms with Crippen molar-refractivity contribution in [2.45, 2.75) is 12.8 Å². The lowest BCUT2D eigenvalue weighted by Crippen LogP contribution is -2.43. The van der Waals surface area contributed by atoms with Gasteiger partial charge in [0.1, 0.15) is 0 Å². The smallest absolute Gasteiger partial charge is 0.255 e. The summed E-state index contributed by atoms with van der Waals surface area (Å²) in [5.41, 5.74) is 0.512. The number of sulfonamides is 1. The Morgan fingerprint density at radius 3 is 2.86 bits per heavy atom. The summed E-state index contributed by atoms with van der Waals surface area (Å²) in [5, 5.41) is 0. The van der Waals surface area contributed by atoms with Crippen LogP contribution in [0.4, 0.5) is 0 Å². The Morgan fingerprint density at radius 2 is 2.27 bits per heavy atom. The first-order chi connectivity index (χ1) is 10.4. The van der Waals surface area contributed by atoms with Crippen LogP contribution >= 0.6 is 0 Å². The SMILES string of the molecule is COc1ccc(C(=O)N2CCCC(CNS(C)(=O)=O)C2)cn1. The molecule has 0 aromatic carbocycles. The topological polar surface area (TPSA) is 88.6 Å². The van der Waals surface area contributed by atoms with Crippen LogP contribution < -0.4 is 9.46 Å². The van der Waals surface area contributed by atoms with Crippen LogP contribution in [0.5, 0.6) is 5.88 Å². The number of piperidine rings is 1. The molecule has 1 unspecified atom stereocenters. The lowest BCUT2D eigenvalue weighted by atomic mass is 9.98. The van der Waals surface area contributed by atoms with Crippen LogP contribution in [0.15, 0.2) is 18.3 Å². The van der Waals surface area contributed by atoms with Crippen molar-refractivity contribution in [1.82, 2.24) is 14.6 Å². The second-order valence-corrected chi connectivity index (χ2v) is 7.30. The van der Waals surface area contributed by atoms with Crippen LogP contribution in [0.1, 0.15) is 23.2 Å². The third kappa shape index (κ3) is 4.67. The van der Waals surface area contributed by atoms with E-state index in [1.807, 2.05) is 0 Å². The highest BCUT2D eigenvalue weighted by atomic mass is 32.2. The molecule has 1 aliphatic rings. The minimum Gasteiger partial charge on any atom is -0.481 e. The lowest BCUT2D eigenvalue weighted by Gasteiger charge is -2.32. The molecule has 0 aliphatic carbocycles. The fourth-order valence-corrected chi connectivity index (χ4v) is 3.03. The second-order valence-electron chi connectivity index (χ2n) is 5.47. The van der Waals surface area contributed by atoms with Crippen molar-refractivity contribution in [2.24, 2.45) is 5.92 Å². The van der Waals surface area contributed by atoms with Gasteiger partial charge in [-0.25, -0.2) is 18.1 Å². The highest BCUT2D eigenvalue weighted by molar-refractivity contribution is 7.88. The fourth-order valence-electron chi connectivity index (χ4n) is 2.50. The van der Waals surface area contributed by atoms with Crippen molar-refractivity contribution in [2.75, 3.05) is 33.0 Å². The van der Waals surface area contributed by atoms with Gasteiger partial charge in [-0.2, -0.15) is 0 Å². The number of nitrogens with one attached hydrogen (secondary N) is 1. The molecular formula is C14H21N3O4S. The Morgan fingerprint density at radius 1 is 1.50 bits per heavy atom. The molecule has 122 valence electrons. The van der Waals surface area contributed by atoms with E-state index in [4.69, 9.17) is 4.74 Å². The fraction of sp³-hybridized carbons (Fsp3) is 0.571. The molecule has 7 nitrogen and oxygen atoms in total. The van der Waals surface area contributed by atoms with Gasteiger partial charge in [0.05, 0.1) is 18.9 Å². The minimum absolute atomic E-state index is 0.0841. The summed E-state index contributed by atoms with van der Waals surface area (Å²) in [4.78, 5) is 18.2. The van der Waals surface area contributed by atoms with Gasteiger partial charge in [0, 0.05) is 31.9 Å². The zero-order valence-electron chi connectivity index (χ0n) is 12.8. The minimum atomic E-state index is -3.20. The predicted octanol–water partition coefficient (Wildman–Crippen LogP) is 0.492. The normalized spacial score (nSPS) is 19.0. The van der Waals surface area contributed by atoms with E-state index in [2.05, 4.69) is 9.71 Å². The van der Waals surface area contributed by atoms with Gasteiger partial charge in [-0.1, -0.05) is 0 Å². The summed E-state index contributed by atoms with van der Waals surface area (Å²) in [6.45, 7) is 1.59. The Bertz CT molecular complexity index is 615. The Kier molecular flexibility index (Phi) is 5.36. The zero-order valence-corrected chi connectivity index (χ0v) is 13.6. The first kappa shape index (κ1) is 16.7. The van der Waals surface area contributed by atoms with Crippen LogP contribution in [0.25, 0.3) is 0 Å². The first-order valence-corrected chi connectivity index (χ1v) is 9.02. The number of hydrogen-bond acceptors (Lipinski definition) is 5. The predicted molar refractivity (Wildman–Crippen MR) is 82.3 cm³/mol. The quantitative estimate of drug-likeness (QED) is 0.850. The molecule has 0 radical (unpaired) electrons. The molecule has 0 bridgehead atoms. The number of pyridine rings is 1. The van der Waals surface area contributed by atoms with E-state index in [9.17, 15) is 13.2 Å². The summed E-state index contributed by atoms with van der Waals surface area (Å²) in [6.07, 6.45) is 4.42. The molecule has 2 heterocycles. The number of methoxy groups -OCH3 is 1. The van der Waals surface area contributed by atoms with Crippen molar-refractivity contribution in [1.29, 1.82) is 0 Å². The molecule has 0 saturated carbocycles. The average molecular weight is 327 g/mol. The van der Waals surface area contributed by atoms with E-state index in [-0.39, 0.29) is 11.8 Å². The molecule has 22 heavy (non-hydrogen) atoms. The van der Waals surface area contributed by atoms with Gasteiger partial charge in [0.25, 0.3) is 5.91 Å². The maximum Gasteiger partial charge on any atom is 0.255 e. The van der Waals surface area contributed by atoms with Crippen molar-refractivity contribution < 1.29 is 17.9 Å². The third-order valence-electron chi connectivity index (χ3n) is 3.63. The zero-order chi connectivity index (χ0) is 16.2. The van der Waals surface area contributed by atoms with Gasteiger partial charge < -0.3 is 9.64 Å². The number of carbonyl (C=O) groups is 1. The molecule has 1 saturated heterocycles. The number of rotatable bonds is 5. The van der Waals surface area contributed by atoms with Gasteiger partial charge in [-0.3, -0.25) is 4.79 Å². The van der Waals surface area contributed by atoms with Gasteiger partial charge in [-0.05, 0) is 24.8 Å². The largest absolute Gasteiger partial charge is 0.481 e. The molecule has 1 aliphatic heterocycles. The van der Waals surface area contributed by atoms with E-state index in [1.165, 1.54) is 13.3 Å². The Hall–Kier alpha value is -1.67. The molecule has 1 N–H and O–H groups in total. The number of hydrogen-bond donors (Lipinski definition) is 1. The molecule has 1 atom stereocenters. The van der Waals surface area contributed by atoms with Gasteiger partial charge >= 0.3 is 0 Å². The highest BCUT2D eigenvalue weighted by Crippen LogP contribution is 2.18. The number of carbonyl (C=O) groups excluding carboxylic acids is 1. The number of likely N-dealkylation sites (tertiary alicyclic amines) is 1. The molecule has 0 spiro atoms. The Labute approximate surface area is 130 Å². The van der Waals surface area contributed by atoms with Crippen LogP contribution in [-0.2, 0) is 10.0 Å². The van der Waals surface area contributed by atoms with Gasteiger partial charge in [0.2, 0.25) is 15.9 Å². The number of amides is 1. The summed E-state index contributed by atoms with van der Waals surface area (Å²) in [7, 11) is -1.68. The lowest BCUT2D eigenvalue weighted by molar-refractivity contribution is 0.0676. The maximum absolute atomic E-state index is 12.5. The van der Waals surface area contributed by atoms with Crippen LogP contribution in [-0.4, -0.2) is 57.2 Å². The van der Waals surface area contributed by atoms with Crippen LogP contribution in [0.2, 0.25) is 0 Å². The van der Waals surface area contributed by atoms with Crippen molar-refractivity contribution in [3.63, 3.8) is 0 Å². The van der Waals surface area contributed by atoms with Crippen LogP contribution in [0.3, 0.4) is 0 Å². The van der Waals surface area contributed by atoms with E-state index < -0.39 is 10.0 Å². The number of aromatic nitrogens is 1. The molecule has 1 amide bonds. The van der Waals surface area contributed by atoms with Crippen molar-refractivity contribution >= 4 is 15.9 Å². The average Bonchev–Trinajstić information content (AvgIpc) is 2.52. The van der Waals surface area contributed by atoms with Crippen molar-refractivity contribution in [3.05, 3.63) is 23.9 Å². The van der Waals surface area contributed by atoms with E-state index in [0.717, 1.165) is 19.1 Å². The Balaban J connectivity index is 1.97. The monoisotopic (exact) mass is 327 g/mol. The number of ether oxygens (including phenoxy) is 1. The summed E-state index contributed by atoms with van der Waals surface area (Å²) >= 11 is 0. The third-order valence-corrected chi connectivity index (χ3v) is 4.32. The highest BCUT2D eigenvalue weighted by Gasteiger charge is 2.25. The summed E-state index contributed by atoms with van der Waals surface area (Å²) < 4.78 is 29.8. The maximum atomic E-state index is 12.5. The molecule has 8 heteroatoms. The molecular weight excluding hydrogens is 306 g/mol. The van der Waals surface area contributed by atoms with E-state index >= 15 is 0 Å². The van der Waals surface area contributed by atoms with Crippen LogP contribution in [0, 0.1) is 5.92 Å². The molecule has 1 fully saturated rings. The second kappa shape index (κ2) is 7.06. The number of nitrogens with zero attached hydrogens (tertiary/aromatic N) is 2. The molecule has 1 aromatic rings. The summed E-state index contributed by atoms with van der Waals surface area (Å²) in [5.74, 6) is 0.517.